The number of rotatable bonds is 7. The van der Waals surface area contributed by atoms with Crippen molar-refractivity contribution in [3.05, 3.63) is 76.1 Å². The molecule has 1 heterocycles. The van der Waals surface area contributed by atoms with Crippen molar-refractivity contribution in [1.82, 2.24) is 10.5 Å². The summed E-state index contributed by atoms with van der Waals surface area (Å²) in [5, 5.41) is 9.72. The molecule has 1 aromatic heterocycles. The monoisotopic (exact) mass is 497 g/mol. The standard InChI is InChI=1S/C24H24BrN3O4/c25-17-8-6-16(7-9-17)23(29)26-19-10-12-20(13-11-19)31-15-21-14-22(28-32-21)24(30)27-18-4-2-1-3-5-18/h6-14,18H,1-5,15H2,(H,26,29)(H,27,30). The van der Waals surface area contributed by atoms with Crippen molar-refractivity contribution in [2.45, 2.75) is 44.8 Å². The number of ether oxygens (including phenoxy) is 1. The van der Waals surface area contributed by atoms with E-state index in [4.69, 9.17) is 9.26 Å². The van der Waals surface area contributed by atoms with Gasteiger partial charge in [-0.3, -0.25) is 9.59 Å². The van der Waals surface area contributed by atoms with Gasteiger partial charge in [0.05, 0.1) is 0 Å². The highest BCUT2D eigenvalue weighted by molar-refractivity contribution is 9.10. The lowest BCUT2D eigenvalue weighted by Crippen LogP contribution is -2.36. The lowest BCUT2D eigenvalue weighted by atomic mass is 9.95. The van der Waals surface area contributed by atoms with Crippen LogP contribution in [0.25, 0.3) is 0 Å². The number of anilines is 1. The molecule has 7 nitrogen and oxygen atoms in total. The molecule has 2 aromatic carbocycles. The summed E-state index contributed by atoms with van der Waals surface area (Å²) in [4.78, 5) is 24.6. The van der Waals surface area contributed by atoms with E-state index < -0.39 is 0 Å². The Labute approximate surface area is 194 Å². The smallest absolute Gasteiger partial charge is 0.273 e. The number of benzene rings is 2. The highest BCUT2D eigenvalue weighted by Gasteiger charge is 2.19. The van der Waals surface area contributed by atoms with Crippen LogP contribution in [0.15, 0.2) is 63.6 Å². The van der Waals surface area contributed by atoms with Crippen LogP contribution < -0.4 is 15.4 Å². The fraction of sp³-hybridized carbons (Fsp3) is 0.292. The van der Waals surface area contributed by atoms with Crippen LogP contribution in [0.5, 0.6) is 5.75 Å². The fourth-order valence-electron chi connectivity index (χ4n) is 3.59. The Morgan fingerprint density at radius 1 is 1.00 bits per heavy atom. The van der Waals surface area contributed by atoms with Crippen molar-refractivity contribution in [3.63, 3.8) is 0 Å². The Hall–Kier alpha value is -3.13. The SMILES string of the molecule is O=C(Nc1ccc(OCc2cc(C(=O)NC3CCCCC3)no2)cc1)c1ccc(Br)cc1. The first-order valence-corrected chi connectivity index (χ1v) is 11.4. The maximum Gasteiger partial charge on any atom is 0.273 e. The molecule has 4 rings (SSSR count). The predicted molar refractivity (Wildman–Crippen MR) is 124 cm³/mol. The number of carbonyl (C=O) groups excluding carboxylic acids is 2. The predicted octanol–water partition coefficient (Wildman–Crippen LogP) is 5.33. The summed E-state index contributed by atoms with van der Waals surface area (Å²) in [6.45, 7) is 0.147. The van der Waals surface area contributed by atoms with E-state index in [1.54, 1.807) is 42.5 Å². The number of hydrogen-bond acceptors (Lipinski definition) is 5. The van der Waals surface area contributed by atoms with Gasteiger partial charge in [-0.2, -0.15) is 0 Å². The molecule has 0 saturated heterocycles. The number of halogens is 1. The van der Waals surface area contributed by atoms with Crippen LogP contribution in [-0.2, 0) is 6.61 Å². The first kappa shape index (κ1) is 22.1. The summed E-state index contributed by atoms with van der Waals surface area (Å²) in [5.41, 5.74) is 1.49. The number of nitrogens with one attached hydrogen (secondary N) is 2. The molecule has 3 aromatic rings. The van der Waals surface area contributed by atoms with Crippen LogP contribution in [0.4, 0.5) is 5.69 Å². The van der Waals surface area contributed by atoms with Crippen molar-refractivity contribution in [2.24, 2.45) is 0 Å². The topological polar surface area (TPSA) is 93.5 Å². The first-order chi connectivity index (χ1) is 15.6. The van der Waals surface area contributed by atoms with Crippen molar-refractivity contribution < 1.29 is 18.8 Å². The molecule has 1 aliphatic rings. The van der Waals surface area contributed by atoms with Gasteiger partial charge in [0, 0.05) is 27.8 Å². The summed E-state index contributed by atoms with van der Waals surface area (Å²) in [7, 11) is 0. The van der Waals surface area contributed by atoms with Crippen LogP contribution in [-0.4, -0.2) is 23.0 Å². The average Bonchev–Trinajstić information content (AvgIpc) is 3.29. The molecule has 1 aliphatic carbocycles. The third-order valence-electron chi connectivity index (χ3n) is 5.33. The molecule has 2 N–H and O–H groups in total. The highest BCUT2D eigenvalue weighted by atomic mass is 79.9. The van der Waals surface area contributed by atoms with E-state index in [1.807, 2.05) is 12.1 Å². The van der Waals surface area contributed by atoms with Gasteiger partial charge < -0.3 is 19.9 Å². The minimum atomic E-state index is -0.210. The molecule has 0 unspecified atom stereocenters. The van der Waals surface area contributed by atoms with E-state index >= 15 is 0 Å². The molecular formula is C24H24BrN3O4. The van der Waals surface area contributed by atoms with Gasteiger partial charge in [0.25, 0.3) is 11.8 Å². The van der Waals surface area contributed by atoms with Crippen LogP contribution >= 0.6 is 15.9 Å². The zero-order chi connectivity index (χ0) is 22.3. The minimum Gasteiger partial charge on any atom is -0.486 e. The molecule has 166 valence electrons. The molecule has 32 heavy (non-hydrogen) atoms. The van der Waals surface area contributed by atoms with Gasteiger partial charge in [0.15, 0.2) is 11.5 Å². The number of amides is 2. The maximum absolute atomic E-state index is 12.3. The Bertz CT molecular complexity index is 1060. The first-order valence-electron chi connectivity index (χ1n) is 10.6. The molecule has 0 atom stereocenters. The Balaban J connectivity index is 1.26. The third kappa shape index (κ3) is 5.97. The maximum atomic E-state index is 12.3. The molecule has 0 spiro atoms. The number of hydrogen-bond donors (Lipinski definition) is 2. The molecule has 8 heteroatoms. The van der Waals surface area contributed by atoms with Gasteiger partial charge in [-0.15, -0.1) is 0 Å². The van der Waals surface area contributed by atoms with Crippen LogP contribution in [0, 0.1) is 0 Å². The molecule has 1 saturated carbocycles. The van der Waals surface area contributed by atoms with Gasteiger partial charge >= 0.3 is 0 Å². The quantitative estimate of drug-likeness (QED) is 0.459. The van der Waals surface area contributed by atoms with Crippen molar-refractivity contribution in [2.75, 3.05) is 5.32 Å². The lowest BCUT2D eigenvalue weighted by Gasteiger charge is -2.22. The van der Waals surface area contributed by atoms with Crippen molar-refractivity contribution in [3.8, 4) is 5.75 Å². The largest absolute Gasteiger partial charge is 0.486 e. The molecule has 0 bridgehead atoms. The van der Waals surface area contributed by atoms with Crippen LogP contribution in [0.1, 0.15) is 58.7 Å². The lowest BCUT2D eigenvalue weighted by molar-refractivity contribution is 0.0917. The summed E-state index contributed by atoms with van der Waals surface area (Å²) < 4.78 is 11.9. The van der Waals surface area contributed by atoms with Gasteiger partial charge in [0.2, 0.25) is 0 Å². The Morgan fingerprint density at radius 2 is 1.72 bits per heavy atom. The normalized spacial score (nSPS) is 14.0. The van der Waals surface area contributed by atoms with Gasteiger partial charge in [-0.05, 0) is 61.4 Å². The Kier molecular flexibility index (Phi) is 7.21. The van der Waals surface area contributed by atoms with E-state index in [9.17, 15) is 9.59 Å². The Morgan fingerprint density at radius 3 is 2.44 bits per heavy atom. The molecular weight excluding hydrogens is 474 g/mol. The van der Waals surface area contributed by atoms with E-state index in [1.165, 1.54) is 6.42 Å². The van der Waals surface area contributed by atoms with Crippen LogP contribution in [0.2, 0.25) is 0 Å². The van der Waals surface area contributed by atoms with E-state index in [2.05, 4.69) is 31.7 Å². The van der Waals surface area contributed by atoms with Crippen molar-refractivity contribution in [1.29, 1.82) is 0 Å². The van der Waals surface area contributed by atoms with E-state index in [-0.39, 0.29) is 30.2 Å². The van der Waals surface area contributed by atoms with Gasteiger partial charge in [-0.1, -0.05) is 40.3 Å². The molecule has 2 amide bonds. The van der Waals surface area contributed by atoms with E-state index in [0.29, 0.717) is 22.8 Å². The summed E-state index contributed by atoms with van der Waals surface area (Å²) >= 11 is 3.35. The fourth-order valence-corrected chi connectivity index (χ4v) is 3.85. The minimum absolute atomic E-state index is 0.147. The summed E-state index contributed by atoms with van der Waals surface area (Å²) in [6, 6.07) is 16.0. The zero-order valence-corrected chi connectivity index (χ0v) is 19.1. The second kappa shape index (κ2) is 10.5. The van der Waals surface area contributed by atoms with Crippen LogP contribution in [0.3, 0.4) is 0 Å². The van der Waals surface area contributed by atoms with Gasteiger partial charge in [0.1, 0.15) is 12.4 Å². The summed E-state index contributed by atoms with van der Waals surface area (Å²) in [6.07, 6.45) is 5.56. The highest BCUT2D eigenvalue weighted by Crippen LogP contribution is 2.20. The van der Waals surface area contributed by atoms with Gasteiger partial charge in [-0.25, -0.2) is 0 Å². The molecule has 1 fully saturated rings. The van der Waals surface area contributed by atoms with E-state index in [0.717, 1.165) is 30.2 Å². The molecule has 0 aliphatic heterocycles. The number of nitrogens with zero attached hydrogens (tertiary/aromatic N) is 1. The second-order valence-electron chi connectivity index (χ2n) is 7.76. The number of carbonyl (C=O) groups is 2. The number of aromatic nitrogens is 1. The summed E-state index contributed by atoms with van der Waals surface area (Å²) in [5.74, 6) is 0.673. The molecule has 0 radical (unpaired) electrons. The average molecular weight is 498 g/mol. The zero-order valence-electron chi connectivity index (χ0n) is 17.5. The third-order valence-corrected chi connectivity index (χ3v) is 5.86. The van der Waals surface area contributed by atoms with Crippen molar-refractivity contribution >= 4 is 33.4 Å². The second-order valence-corrected chi connectivity index (χ2v) is 8.68.